The topological polar surface area (TPSA) is 44.8 Å². The van der Waals surface area contributed by atoms with E-state index in [1.54, 1.807) is 13.8 Å². The van der Waals surface area contributed by atoms with E-state index in [0.29, 0.717) is 18.9 Å². The van der Waals surface area contributed by atoms with Gasteiger partial charge in [-0.25, -0.2) is 0 Å². The van der Waals surface area contributed by atoms with E-state index >= 15 is 0 Å². The van der Waals surface area contributed by atoms with Gasteiger partial charge in [0.25, 0.3) is 0 Å². The molecular formula is C14H25BrO4. The lowest BCUT2D eigenvalue weighted by Crippen LogP contribution is -2.55. The van der Waals surface area contributed by atoms with Gasteiger partial charge in [0.2, 0.25) is 0 Å². The third kappa shape index (κ3) is 4.17. The van der Waals surface area contributed by atoms with Gasteiger partial charge in [-0.15, -0.1) is 0 Å². The second kappa shape index (κ2) is 6.10. The molecule has 0 aromatic rings. The average molecular weight is 337 g/mol. The van der Waals surface area contributed by atoms with E-state index in [2.05, 4.69) is 29.8 Å². The summed E-state index contributed by atoms with van der Waals surface area (Å²) in [6, 6.07) is 0. The van der Waals surface area contributed by atoms with E-state index in [4.69, 9.17) is 14.2 Å². The fraction of sp³-hybridized carbons (Fsp3) is 0.929. The van der Waals surface area contributed by atoms with Crippen molar-refractivity contribution in [2.75, 3.05) is 6.61 Å². The van der Waals surface area contributed by atoms with Crippen molar-refractivity contribution in [3.63, 3.8) is 0 Å². The number of carbonyl (C=O) groups excluding carboxylic acids is 1. The molecule has 0 aromatic heterocycles. The van der Waals surface area contributed by atoms with Crippen molar-refractivity contribution in [3.8, 4) is 0 Å². The SMILES string of the molecule is CCOC(=O)C(C)(Br)[C@@H]1C[C@@H](C(C)C)OC(C)(C)O1. The van der Waals surface area contributed by atoms with Crippen LogP contribution in [0.25, 0.3) is 0 Å². The Hall–Kier alpha value is -0.130. The fourth-order valence-electron chi connectivity index (χ4n) is 2.19. The van der Waals surface area contributed by atoms with Gasteiger partial charge in [-0.2, -0.15) is 0 Å². The Morgan fingerprint density at radius 2 is 2.05 bits per heavy atom. The van der Waals surface area contributed by atoms with Gasteiger partial charge >= 0.3 is 5.97 Å². The summed E-state index contributed by atoms with van der Waals surface area (Å²) in [5.41, 5.74) is 0. The monoisotopic (exact) mass is 336 g/mol. The second-order valence-electron chi connectivity index (χ2n) is 5.94. The summed E-state index contributed by atoms with van der Waals surface area (Å²) < 4.78 is 16.1. The Bertz CT molecular complexity index is 325. The van der Waals surface area contributed by atoms with Gasteiger partial charge in [-0.1, -0.05) is 29.8 Å². The number of hydrogen-bond donors (Lipinski definition) is 0. The van der Waals surface area contributed by atoms with Crippen molar-refractivity contribution in [2.24, 2.45) is 5.92 Å². The molecule has 0 N–H and O–H groups in total. The van der Waals surface area contributed by atoms with Crippen molar-refractivity contribution < 1.29 is 19.0 Å². The van der Waals surface area contributed by atoms with E-state index in [9.17, 15) is 4.79 Å². The van der Waals surface area contributed by atoms with Gasteiger partial charge < -0.3 is 14.2 Å². The normalized spacial score (nSPS) is 29.9. The van der Waals surface area contributed by atoms with E-state index in [-0.39, 0.29) is 18.2 Å². The van der Waals surface area contributed by atoms with Crippen LogP contribution in [-0.2, 0) is 19.0 Å². The molecule has 0 aliphatic carbocycles. The molecule has 1 saturated heterocycles. The summed E-state index contributed by atoms with van der Waals surface area (Å²) in [6.07, 6.45) is 0.463. The largest absolute Gasteiger partial charge is 0.465 e. The molecule has 1 aliphatic heterocycles. The van der Waals surface area contributed by atoms with Crippen molar-refractivity contribution >= 4 is 21.9 Å². The molecule has 5 heteroatoms. The molecule has 0 radical (unpaired) electrons. The lowest BCUT2D eigenvalue weighted by atomic mass is 9.92. The molecule has 1 heterocycles. The van der Waals surface area contributed by atoms with Crippen LogP contribution >= 0.6 is 15.9 Å². The number of esters is 1. The van der Waals surface area contributed by atoms with Gasteiger partial charge in [0, 0.05) is 6.42 Å². The molecule has 1 aliphatic rings. The van der Waals surface area contributed by atoms with Crippen LogP contribution in [0.4, 0.5) is 0 Å². The smallest absolute Gasteiger partial charge is 0.325 e. The Labute approximate surface area is 124 Å². The first-order valence-corrected chi connectivity index (χ1v) is 7.61. The molecule has 1 unspecified atom stereocenters. The predicted octanol–water partition coefficient (Wildman–Crippen LogP) is 3.27. The number of alkyl halides is 1. The number of rotatable bonds is 4. The highest BCUT2D eigenvalue weighted by Crippen LogP contribution is 2.38. The molecule has 0 spiro atoms. The van der Waals surface area contributed by atoms with Gasteiger partial charge in [0.15, 0.2) is 5.79 Å². The lowest BCUT2D eigenvalue weighted by Gasteiger charge is -2.45. The number of ether oxygens (including phenoxy) is 3. The number of hydrogen-bond acceptors (Lipinski definition) is 4. The zero-order valence-corrected chi connectivity index (χ0v) is 14.2. The third-order valence-electron chi connectivity index (χ3n) is 3.33. The van der Waals surface area contributed by atoms with Crippen LogP contribution in [0, 0.1) is 5.92 Å². The molecule has 0 amide bonds. The van der Waals surface area contributed by atoms with Gasteiger partial charge in [0.1, 0.15) is 4.32 Å². The average Bonchev–Trinajstić information content (AvgIpc) is 2.27. The van der Waals surface area contributed by atoms with Crippen LogP contribution < -0.4 is 0 Å². The van der Waals surface area contributed by atoms with Crippen LogP contribution in [0.15, 0.2) is 0 Å². The lowest BCUT2D eigenvalue weighted by molar-refractivity contribution is -0.309. The standard InChI is InChI=1S/C14H25BrO4/c1-7-17-12(16)14(6,15)11-8-10(9(2)3)18-13(4,5)19-11/h9-11H,7-8H2,1-6H3/t10-,11-,14?/m0/s1. The van der Waals surface area contributed by atoms with Gasteiger partial charge in [-0.05, 0) is 33.6 Å². The van der Waals surface area contributed by atoms with Crippen molar-refractivity contribution in [3.05, 3.63) is 0 Å². The summed E-state index contributed by atoms with van der Waals surface area (Å²) in [7, 11) is 0. The zero-order chi connectivity index (χ0) is 14.8. The molecule has 4 nitrogen and oxygen atoms in total. The van der Waals surface area contributed by atoms with Crippen LogP contribution in [0.5, 0.6) is 0 Å². The van der Waals surface area contributed by atoms with Crippen LogP contribution in [0.2, 0.25) is 0 Å². The van der Waals surface area contributed by atoms with Crippen molar-refractivity contribution in [1.29, 1.82) is 0 Å². The maximum atomic E-state index is 12.1. The molecule has 1 rings (SSSR count). The van der Waals surface area contributed by atoms with Crippen molar-refractivity contribution in [1.82, 2.24) is 0 Å². The van der Waals surface area contributed by atoms with Crippen LogP contribution in [0.3, 0.4) is 0 Å². The predicted molar refractivity (Wildman–Crippen MR) is 77.2 cm³/mol. The molecule has 0 saturated carbocycles. The fourth-order valence-corrected chi connectivity index (χ4v) is 2.58. The zero-order valence-electron chi connectivity index (χ0n) is 12.7. The first kappa shape index (κ1) is 16.9. The molecule has 3 atom stereocenters. The Morgan fingerprint density at radius 3 is 2.53 bits per heavy atom. The summed E-state index contributed by atoms with van der Waals surface area (Å²) in [6.45, 7) is 11.9. The molecule has 1 fully saturated rings. The Morgan fingerprint density at radius 1 is 1.47 bits per heavy atom. The van der Waals surface area contributed by atoms with Gasteiger partial charge in [0.05, 0.1) is 18.8 Å². The van der Waals surface area contributed by atoms with Crippen molar-refractivity contribution in [2.45, 2.75) is 70.3 Å². The molecule has 112 valence electrons. The number of carbonyl (C=O) groups is 1. The second-order valence-corrected chi connectivity index (χ2v) is 7.59. The maximum absolute atomic E-state index is 12.1. The Kier molecular flexibility index (Phi) is 5.43. The summed E-state index contributed by atoms with van der Waals surface area (Å²) >= 11 is 3.48. The maximum Gasteiger partial charge on any atom is 0.325 e. The minimum Gasteiger partial charge on any atom is -0.465 e. The van der Waals surface area contributed by atoms with E-state index < -0.39 is 10.1 Å². The minimum absolute atomic E-state index is 0.0695. The highest BCUT2D eigenvalue weighted by atomic mass is 79.9. The summed E-state index contributed by atoms with van der Waals surface area (Å²) in [5, 5.41) is 0. The quantitative estimate of drug-likeness (QED) is 0.583. The molecule has 0 bridgehead atoms. The first-order chi connectivity index (χ1) is 8.60. The minimum atomic E-state index is -0.850. The van der Waals surface area contributed by atoms with E-state index in [1.807, 2.05) is 13.8 Å². The highest BCUT2D eigenvalue weighted by molar-refractivity contribution is 9.10. The van der Waals surface area contributed by atoms with Crippen LogP contribution in [-0.4, -0.2) is 34.9 Å². The molecular weight excluding hydrogens is 312 g/mol. The van der Waals surface area contributed by atoms with E-state index in [1.165, 1.54) is 0 Å². The van der Waals surface area contributed by atoms with E-state index in [0.717, 1.165) is 0 Å². The molecule has 0 aromatic carbocycles. The summed E-state index contributed by atoms with van der Waals surface area (Å²) in [4.78, 5) is 12.1. The number of halogens is 1. The van der Waals surface area contributed by atoms with Crippen LogP contribution in [0.1, 0.15) is 48.0 Å². The first-order valence-electron chi connectivity index (χ1n) is 6.82. The summed E-state index contributed by atoms with van der Waals surface area (Å²) in [5.74, 6) is -0.615. The highest BCUT2D eigenvalue weighted by Gasteiger charge is 2.48. The Balaban J connectivity index is 2.89. The van der Waals surface area contributed by atoms with Gasteiger partial charge in [-0.3, -0.25) is 4.79 Å². The molecule has 19 heavy (non-hydrogen) atoms. The third-order valence-corrected chi connectivity index (χ3v) is 4.16.